The van der Waals surface area contributed by atoms with Gasteiger partial charge in [-0.15, -0.1) is 0 Å². The number of nitrogens with one attached hydrogen (secondary N) is 1. The highest BCUT2D eigenvalue weighted by molar-refractivity contribution is 5.88. The van der Waals surface area contributed by atoms with Crippen LogP contribution in [-0.4, -0.2) is 30.6 Å². The number of amides is 1. The SMILES string of the molecule is CCC(CC)C(C)C(=O)NCCc1ccc(C(=O)O)cc1OC. The van der Waals surface area contributed by atoms with Crippen LogP contribution >= 0.6 is 0 Å². The smallest absolute Gasteiger partial charge is 0.335 e. The number of rotatable bonds is 9. The summed E-state index contributed by atoms with van der Waals surface area (Å²) in [7, 11) is 1.51. The molecule has 0 bridgehead atoms. The molecule has 0 spiro atoms. The van der Waals surface area contributed by atoms with Crippen molar-refractivity contribution >= 4 is 11.9 Å². The largest absolute Gasteiger partial charge is 0.496 e. The highest BCUT2D eigenvalue weighted by Crippen LogP contribution is 2.21. The van der Waals surface area contributed by atoms with E-state index in [1.165, 1.54) is 13.2 Å². The third kappa shape index (κ3) is 5.27. The minimum absolute atomic E-state index is 0.00119. The normalized spacial score (nSPS) is 12.0. The summed E-state index contributed by atoms with van der Waals surface area (Å²) in [6, 6.07) is 4.79. The fourth-order valence-corrected chi connectivity index (χ4v) is 2.78. The summed E-state index contributed by atoms with van der Waals surface area (Å²) >= 11 is 0. The first-order chi connectivity index (χ1) is 10.9. The first-order valence-electron chi connectivity index (χ1n) is 8.12. The maximum absolute atomic E-state index is 12.2. The molecule has 1 aromatic carbocycles. The predicted octanol–water partition coefficient (Wildman–Crippen LogP) is 3.12. The average molecular weight is 321 g/mol. The second-order valence-electron chi connectivity index (χ2n) is 5.74. The van der Waals surface area contributed by atoms with Crippen molar-refractivity contribution in [3.63, 3.8) is 0 Å². The van der Waals surface area contributed by atoms with Gasteiger partial charge in [0, 0.05) is 12.5 Å². The lowest BCUT2D eigenvalue weighted by Crippen LogP contribution is -2.34. The summed E-state index contributed by atoms with van der Waals surface area (Å²) in [6.07, 6.45) is 2.59. The van der Waals surface area contributed by atoms with Crippen LogP contribution in [0.25, 0.3) is 0 Å². The van der Waals surface area contributed by atoms with Crippen molar-refractivity contribution in [3.8, 4) is 5.75 Å². The highest BCUT2D eigenvalue weighted by Gasteiger charge is 2.20. The van der Waals surface area contributed by atoms with Crippen LogP contribution in [0, 0.1) is 11.8 Å². The Morgan fingerprint density at radius 3 is 2.43 bits per heavy atom. The van der Waals surface area contributed by atoms with Gasteiger partial charge in [-0.05, 0) is 30.0 Å². The molecule has 0 aliphatic carbocycles. The van der Waals surface area contributed by atoms with E-state index in [0.29, 0.717) is 24.6 Å². The molecular formula is C18H27NO4. The standard InChI is InChI=1S/C18H27NO4/c1-5-13(6-2)12(3)17(20)19-10-9-14-7-8-15(18(21)22)11-16(14)23-4/h7-8,11-13H,5-6,9-10H2,1-4H3,(H,19,20)(H,21,22). The van der Waals surface area contributed by atoms with E-state index >= 15 is 0 Å². The molecule has 0 fully saturated rings. The van der Waals surface area contributed by atoms with Gasteiger partial charge in [-0.2, -0.15) is 0 Å². The van der Waals surface area contributed by atoms with Gasteiger partial charge in [-0.3, -0.25) is 4.79 Å². The van der Waals surface area contributed by atoms with Gasteiger partial charge in [-0.25, -0.2) is 4.79 Å². The maximum Gasteiger partial charge on any atom is 0.335 e. The number of carboxylic acids is 1. The van der Waals surface area contributed by atoms with Crippen molar-refractivity contribution in [3.05, 3.63) is 29.3 Å². The molecule has 0 aliphatic rings. The van der Waals surface area contributed by atoms with Gasteiger partial charge < -0.3 is 15.2 Å². The molecule has 1 amide bonds. The van der Waals surface area contributed by atoms with Crippen LogP contribution in [0.3, 0.4) is 0 Å². The van der Waals surface area contributed by atoms with E-state index < -0.39 is 5.97 Å². The molecule has 5 nitrogen and oxygen atoms in total. The summed E-state index contributed by atoms with van der Waals surface area (Å²) in [5, 5.41) is 11.9. The number of carbonyl (C=O) groups excluding carboxylic acids is 1. The van der Waals surface area contributed by atoms with Crippen LogP contribution in [0.15, 0.2) is 18.2 Å². The van der Waals surface area contributed by atoms with Crippen LogP contribution in [0.2, 0.25) is 0 Å². The summed E-state index contributed by atoms with van der Waals surface area (Å²) in [6.45, 7) is 6.68. The Balaban J connectivity index is 2.62. The van der Waals surface area contributed by atoms with E-state index in [-0.39, 0.29) is 17.4 Å². The topological polar surface area (TPSA) is 75.6 Å². The molecule has 0 saturated carbocycles. The number of hydrogen-bond donors (Lipinski definition) is 2. The first-order valence-corrected chi connectivity index (χ1v) is 8.12. The summed E-state index contributed by atoms with van der Waals surface area (Å²) < 4.78 is 5.24. The number of benzene rings is 1. The Hall–Kier alpha value is -2.04. The summed E-state index contributed by atoms with van der Waals surface area (Å²) in [4.78, 5) is 23.1. The number of aromatic carboxylic acids is 1. The third-order valence-electron chi connectivity index (χ3n) is 4.40. The van der Waals surface area contributed by atoms with Gasteiger partial charge in [0.1, 0.15) is 5.75 Å². The number of carbonyl (C=O) groups is 2. The minimum Gasteiger partial charge on any atom is -0.496 e. The molecule has 5 heteroatoms. The number of methoxy groups -OCH3 is 1. The first kappa shape index (κ1) is 19.0. The lowest BCUT2D eigenvalue weighted by atomic mass is 9.88. The van der Waals surface area contributed by atoms with Crippen LogP contribution < -0.4 is 10.1 Å². The second kappa shape index (κ2) is 9.18. The Morgan fingerprint density at radius 2 is 1.91 bits per heavy atom. The van der Waals surface area contributed by atoms with E-state index in [1.807, 2.05) is 6.92 Å². The minimum atomic E-state index is -0.984. The monoisotopic (exact) mass is 321 g/mol. The van der Waals surface area contributed by atoms with Gasteiger partial charge >= 0.3 is 5.97 Å². The fourth-order valence-electron chi connectivity index (χ4n) is 2.78. The lowest BCUT2D eigenvalue weighted by Gasteiger charge is -2.20. The van der Waals surface area contributed by atoms with Gasteiger partial charge in [0.25, 0.3) is 0 Å². The van der Waals surface area contributed by atoms with Gasteiger partial charge in [0.15, 0.2) is 0 Å². The Kier molecular flexibility index (Phi) is 7.59. The molecule has 128 valence electrons. The molecule has 2 N–H and O–H groups in total. The molecule has 0 aromatic heterocycles. The van der Waals surface area contributed by atoms with Crippen LogP contribution in [0.5, 0.6) is 5.75 Å². The maximum atomic E-state index is 12.2. The number of ether oxygens (including phenoxy) is 1. The van der Waals surface area contributed by atoms with Crippen LogP contribution in [-0.2, 0) is 11.2 Å². The molecule has 1 unspecified atom stereocenters. The summed E-state index contributed by atoms with van der Waals surface area (Å²) in [5.41, 5.74) is 1.07. The molecule has 0 aliphatic heterocycles. The van der Waals surface area contributed by atoms with E-state index in [4.69, 9.17) is 9.84 Å². The van der Waals surface area contributed by atoms with Crippen molar-refractivity contribution in [1.29, 1.82) is 0 Å². The number of hydrogen-bond acceptors (Lipinski definition) is 3. The Labute approximate surface area is 138 Å². The van der Waals surface area contributed by atoms with Crippen LogP contribution in [0.1, 0.15) is 49.5 Å². The van der Waals surface area contributed by atoms with E-state index in [1.54, 1.807) is 12.1 Å². The second-order valence-corrected chi connectivity index (χ2v) is 5.74. The third-order valence-corrected chi connectivity index (χ3v) is 4.40. The molecule has 0 saturated heterocycles. The highest BCUT2D eigenvalue weighted by atomic mass is 16.5. The number of carboxylic acid groups (broad SMARTS) is 1. The van der Waals surface area contributed by atoms with Crippen molar-refractivity contribution in [1.82, 2.24) is 5.32 Å². The van der Waals surface area contributed by atoms with Crippen molar-refractivity contribution in [2.45, 2.75) is 40.0 Å². The lowest BCUT2D eigenvalue weighted by molar-refractivity contribution is -0.126. The zero-order valence-corrected chi connectivity index (χ0v) is 14.4. The Morgan fingerprint density at radius 1 is 1.26 bits per heavy atom. The molecule has 1 aromatic rings. The van der Waals surface area contributed by atoms with Gasteiger partial charge in [0.2, 0.25) is 5.91 Å². The van der Waals surface area contributed by atoms with E-state index in [9.17, 15) is 9.59 Å². The molecule has 0 heterocycles. The molecule has 23 heavy (non-hydrogen) atoms. The average Bonchev–Trinajstić information content (AvgIpc) is 2.55. The van der Waals surface area contributed by atoms with E-state index in [0.717, 1.165) is 18.4 Å². The van der Waals surface area contributed by atoms with Crippen LogP contribution in [0.4, 0.5) is 0 Å². The van der Waals surface area contributed by atoms with Crippen molar-refractivity contribution < 1.29 is 19.4 Å². The molecule has 0 radical (unpaired) electrons. The molecule has 1 rings (SSSR count). The quantitative estimate of drug-likeness (QED) is 0.733. The van der Waals surface area contributed by atoms with Gasteiger partial charge in [-0.1, -0.05) is 39.7 Å². The molecule has 1 atom stereocenters. The molecular weight excluding hydrogens is 294 g/mol. The van der Waals surface area contributed by atoms with Crippen molar-refractivity contribution in [2.75, 3.05) is 13.7 Å². The Bertz CT molecular complexity index is 538. The van der Waals surface area contributed by atoms with E-state index in [2.05, 4.69) is 19.2 Å². The summed E-state index contributed by atoms with van der Waals surface area (Å²) in [5.74, 6) is 0.0230. The fraction of sp³-hybridized carbons (Fsp3) is 0.556. The zero-order chi connectivity index (χ0) is 17.4. The van der Waals surface area contributed by atoms with Crippen molar-refractivity contribution in [2.24, 2.45) is 11.8 Å². The zero-order valence-electron chi connectivity index (χ0n) is 14.4. The van der Waals surface area contributed by atoms with Gasteiger partial charge in [0.05, 0.1) is 12.7 Å². The predicted molar refractivity (Wildman–Crippen MR) is 89.9 cm³/mol.